The van der Waals surface area contributed by atoms with Gasteiger partial charge in [0.15, 0.2) is 0 Å². The van der Waals surface area contributed by atoms with Gasteiger partial charge in [-0.3, -0.25) is 4.99 Å². The van der Waals surface area contributed by atoms with Gasteiger partial charge in [0.2, 0.25) is 0 Å². The zero-order valence-electron chi connectivity index (χ0n) is 7.99. The molecule has 0 saturated carbocycles. The van der Waals surface area contributed by atoms with Gasteiger partial charge in [-0.25, -0.2) is 0 Å². The van der Waals surface area contributed by atoms with Gasteiger partial charge in [0, 0.05) is 19.8 Å². The number of rotatable bonds is 2. The zero-order chi connectivity index (χ0) is 8.97. The van der Waals surface area contributed by atoms with Gasteiger partial charge in [-0.2, -0.15) is 0 Å². The van der Waals surface area contributed by atoms with Crippen LogP contribution in [0.25, 0.3) is 0 Å². The lowest BCUT2D eigenvalue weighted by atomic mass is 10.1. The van der Waals surface area contributed by atoms with Crippen LogP contribution in [-0.4, -0.2) is 30.7 Å². The molecule has 0 aliphatic carbocycles. The number of hydrogen-bond acceptors (Lipinski definition) is 2. The molecule has 0 bridgehead atoms. The van der Waals surface area contributed by atoms with Crippen molar-refractivity contribution in [3.8, 4) is 0 Å². The largest absolute Gasteiger partial charge is 0.369 e. The summed E-state index contributed by atoms with van der Waals surface area (Å²) in [6, 6.07) is 0.366. The van der Waals surface area contributed by atoms with E-state index in [9.17, 15) is 0 Å². The fourth-order valence-corrected chi connectivity index (χ4v) is 1.43. The summed E-state index contributed by atoms with van der Waals surface area (Å²) in [5.41, 5.74) is 1.23. The molecule has 1 aliphatic rings. The van der Waals surface area contributed by atoms with E-state index in [0.29, 0.717) is 6.04 Å². The fraction of sp³-hybridized carbons (Fsp3) is 0.500. The summed E-state index contributed by atoms with van der Waals surface area (Å²) < 4.78 is 0. The predicted molar refractivity (Wildman–Crippen MR) is 53.5 cm³/mol. The second-order valence-electron chi connectivity index (χ2n) is 2.91. The Morgan fingerprint density at radius 1 is 1.50 bits per heavy atom. The van der Waals surface area contributed by atoms with E-state index in [1.807, 2.05) is 13.1 Å². The Kier molecular flexibility index (Phi) is 3.09. The van der Waals surface area contributed by atoms with Gasteiger partial charge in [-0.05, 0) is 18.7 Å². The molecule has 0 fully saturated rings. The Morgan fingerprint density at radius 2 is 2.25 bits per heavy atom. The number of likely N-dealkylation sites (N-methyl/N-ethyl adjacent to an activating group) is 1. The number of allylic oxidation sites excluding steroid dienone is 2. The Hall–Kier alpha value is -1.05. The molecular formula is C10H16N2. The average Bonchev–Trinajstić information content (AvgIpc) is 2.10. The van der Waals surface area contributed by atoms with Crippen LogP contribution in [-0.2, 0) is 0 Å². The van der Waals surface area contributed by atoms with Crippen LogP contribution in [0.4, 0.5) is 0 Å². The molecule has 2 nitrogen and oxygen atoms in total. The molecule has 1 unspecified atom stereocenters. The lowest BCUT2D eigenvalue weighted by Gasteiger charge is -2.26. The third-order valence-corrected chi connectivity index (χ3v) is 2.16. The van der Waals surface area contributed by atoms with Crippen molar-refractivity contribution in [1.82, 2.24) is 4.90 Å². The highest BCUT2D eigenvalue weighted by Crippen LogP contribution is 2.09. The minimum Gasteiger partial charge on any atom is -0.369 e. The smallest absolute Gasteiger partial charge is 0.0847 e. The molecule has 1 atom stereocenters. The Bertz CT molecular complexity index is 226. The van der Waals surface area contributed by atoms with Gasteiger partial charge in [0.25, 0.3) is 0 Å². The maximum atomic E-state index is 4.27. The molecule has 0 aromatic rings. The lowest BCUT2D eigenvalue weighted by molar-refractivity contribution is 0.448. The maximum absolute atomic E-state index is 4.27. The molecule has 1 rings (SSSR count). The normalized spacial score (nSPS) is 23.4. The number of nitrogens with zero attached hydrogens (tertiary/aromatic N) is 2. The van der Waals surface area contributed by atoms with E-state index in [2.05, 4.69) is 42.2 Å². The van der Waals surface area contributed by atoms with Crippen LogP contribution in [0.1, 0.15) is 13.3 Å². The van der Waals surface area contributed by atoms with E-state index in [4.69, 9.17) is 0 Å². The second-order valence-corrected chi connectivity index (χ2v) is 2.91. The molecule has 0 saturated heterocycles. The van der Waals surface area contributed by atoms with Crippen LogP contribution in [0.3, 0.4) is 0 Å². The highest BCUT2D eigenvalue weighted by atomic mass is 15.1. The highest BCUT2D eigenvalue weighted by molar-refractivity contribution is 5.91. The van der Waals surface area contributed by atoms with E-state index in [1.165, 1.54) is 5.71 Å². The highest BCUT2D eigenvalue weighted by Gasteiger charge is 2.14. The molecule has 66 valence electrons. The molecule has 0 aromatic carbocycles. The van der Waals surface area contributed by atoms with Crippen LogP contribution in [0.15, 0.2) is 29.4 Å². The van der Waals surface area contributed by atoms with Crippen molar-refractivity contribution in [2.45, 2.75) is 19.4 Å². The Labute approximate surface area is 74.3 Å². The maximum Gasteiger partial charge on any atom is 0.0847 e. The summed E-state index contributed by atoms with van der Waals surface area (Å²) in [6.45, 7) is 2.14. The van der Waals surface area contributed by atoms with Crippen molar-refractivity contribution >= 4 is 5.71 Å². The summed E-state index contributed by atoms with van der Waals surface area (Å²) in [5.74, 6) is 0. The van der Waals surface area contributed by atoms with Crippen LogP contribution in [0.5, 0.6) is 0 Å². The predicted octanol–water partition coefficient (Wildman–Crippen LogP) is 1.85. The Balaban J connectivity index is 2.74. The van der Waals surface area contributed by atoms with Gasteiger partial charge in [0.1, 0.15) is 0 Å². The minimum atomic E-state index is 0.366. The van der Waals surface area contributed by atoms with E-state index in [-0.39, 0.29) is 0 Å². The molecule has 0 radical (unpaired) electrons. The van der Waals surface area contributed by atoms with Gasteiger partial charge in [-0.1, -0.05) is 19.1 Å². The van der Waals surface area contributed by atoms with Crippen LogP contribution in [0.2, 0.25) is 0 Å². The SMILES string of the molecule is CCC(=NC)C1C=CC=CN1C. The van der Waals surface area contributed by atoms with Gasteiger partial charge < -0.3 is 4.90 Å². The van der Waals surface area contributed by atoms with Crippen LogP contribution < -0.4 is 0 Å². The van der Waals surface area contributed by atoms with Crippen molar-refractivity contribution in [3.05, 3.63) is 24.4 Å². The fourth-order valence-electron chi connectivity index (χ4n) is 1.43. The van der Waals surface area contributed by atoms with Crippen molar-refractivity contribution in [3.63, 3.8) is 0 Å². The first-order chi connectivity index (χ1) is 5.79. The zero-order valence-corrected chi connectivity index (χ0v) is 7.99. The Morgan fingerprint density at radius 3 is 2.75 bits per heavy atom. The summed E-state index contributed by atoms with van der Waals surface area (Å²) >= 11 is 0. The first-order valence-electron chi connectivity index (χ1n) is 4.32. The van der Waals surface area contributed by atoms with Gasteiger partial charge >= 0.3 is 0 Å². The molecule has 1 aliphatic heterocycles. The van der Waals surface area contributed by atoms with E-state index < -0.39 is 0 Å². The standard InChI is InChI=1S/C10H16N2/c1-4-9(11-2)10-7-5-6-8-12(10)3/h5-8,10H,4H2,1-3H3. The van der Waals surface area contributed by atoms with E-state index >= 15 is 0 Å². The van der Waals surface area contributed by atoms with E-state index in [1.54, 1.807) is 0 Å². The van der Waals surface area contributed by atoms with Crippen LogP contribution in [0, 0.1) is 0 Å². The summed E-state index contributed by atoms with van der Waals surface area (Å²) in [4.78, 5) is 6.44. The topological polar surface area (TPSA) is 15.6 Å². The monoisotopic (exact) mass is 164 g/mol. The second kappa shape index (κ2) is 4.10. The van der Waals surface area contributed by atoms with Gasteiger partial charge in [0.05, 0.1) is 6.04 Å². The molecule has 0 N–H and O–H groups in total. The molecule has 0 amide bonds. The summed E-state index contributed by atoms with van der Waals surface area (Å²) in [7, 11) is 3.93. The van der Waals surface area contributed by atoms with Crippen LogP contribution >= 0.6 is 0 Å². The average molecular weight is 164 g/mol. The van der Waals surface area contributed by atoms with Crippen molar-refractivity contribution in [2.24, 2.45) is 4.99 Å². The quantitative estimate of drug-likeness (QED) is 0.569. The van der Waals surface area contributed by atoms with Gasteiger partial charge in [-0.15, -0.1) is 0 Å². The first-order valence-corrected chi connectivity index (χ1v) is 4.32. The van der Waals surface area contributed by atoms with Crippen molar-refractivity contribution < 1.29 is 0 Å². The third kappa shape index (κ3) is 1.76. The van der Waals surface area contributed by atoms with Crippen molar-refractivity contribution in [2.75, 3.05) is 14.1 Å². The molecule has 1 heterocycles. The molecule has 12 heavy (non-hydrogen) atoms. The molecule has 0 spiro atoms. The summed E-state index contributed by atoms with van der Waals surface area (Å²) in [5, 5.41) is 0. The van der Waals surface area contributed by atoms with E-state index in [0.717, 1.165) is 6.42 Å². The number of aliphatic imine (C=N–C) groups is 1. The minimum absolute atomic E-state index is 0.366. The first kappa shape index (κ1) is 9.04. The molecule has 0 aromatic heterocycles. The number of hydrogen-bond donors (Lipinski definition) is 0. The summed E-state index contributed by atoms with van der Waals surface area (Å²) in [6.07, 6.45) is 9.38. The third-order valence-electron chi connectivity index (χ3n) is 2.16. The molecule has 2 heteroatoms. The molecular weight excluding hydrogens is 148 g/mol. The lowest BCUT2D eigenvalue weighted by Crippen LogP contribution is -2.34. The van der Waals surface area contributed by atoms with Crippen molar-refractivity contribution in [1.29, 1.82) is 0 Å².